The van der Waals surface area contributed by atoms with Crippen molar-refractivity contribution in [2.45, 2.75) is 0 Å². The SMILES string of the molecule is CS(=O)(=O)CCNC(=O)c1cc(C#CCN)ccc1F. The van der Waals surface area contributed by atoms with Gasteiger partial charge in [0.05, 0.1) is 17.9 Å². The van der Waals surface area contributed by atoms with Crippen molar-refractivity contribution in [3.8, 4) is 11.8 Å². The Balaban J connectivity index is 2.81. The first kappa shape index (κ1) is 16.1. The zero-order valence-corrected chi connectivity index (χ0v) is 11.8. The van der Waals surface area contributed by atoms with Crippen LogP contribution in [0.2, 0.25) is 0 Å². The molecule has 20 heavy (non-hydrogen) atoms. The van der Waals surface area contributed by atoms with Crippen LogP contribution in [0, 0.1) is 17.7 Å². The second-order valence-corrected chi connectivity index (χ2v) is 6.35. The molecule has 3 N–H and O–H groups in total. The molecule has 0 bridgehead atoms. The van der Waals surface area contributed by atoms with Crippen LogP contribution in [0.1, 0.15) is 15.9 Å². The highest BCUT2D eigenvalue weighted by Gasteiger charge is 2.12. The maximum absolute atomic E-state index is 13.6. The second kappa shape index (κ2) is 7.03. The van der Waals surface area contributed by atoms with Crippen molar-refractivity contribution in [3.63, 3.8) is 0 Å². The quantitative estimate of drug-likeness (QED) is 0.760. The second-order valence-electron chi connectivity index (χ2n) is 4.09. The fraction of sp³-hybridized carbons (Fsp3) is 0.308. The molecule has 0 spiro atoms. The molecule has 1 rings (SSSR count). The van der Waals surface area contributed by atoms with Gasteiger partial charge < -0.3 is 11.1 Å². The number of hydrogen-bond donors (Lipinski definition) is 2. The fourth-order valence-corrected chi connectivity index (χ4v) is 1.85. The Hall–Kier alpha value is -1.91. The van der Waals surface area contributed by atoms with Crippen LogP contribution in [0.3, 0.4) is 0 Å². The normalized spacial score (nSPS) is 10.6. The van der Waals surface area contributed by atoms with Gasteiger partial charge in [0.25, 0.3) is 5.91 Å². The van der Waals surface area contributed by atoms with Crippen LogP contribution in [-0.2, 0) is 9.84 Å². The Morgan fingerprint density at radius 2 is 2.15 bits per heavy atom. The number of nitrogens with one attached hydrogen (secondary N) is 1. The summed E-state index contributed by atoms with van der Waals surface area (Å²) in [6.45, 7) is 0.0864. The van der Waals surface area contributed by atoms with Gasteiger partial charge in [0.2, 0.25) is 0 Å². The molecular weight excluding hydrogens is 283 g/mol. The van der Waals surface area contributed by atoms with Crippen LogP contribution in [-0.4, -0.2) is 39.4 Å². The molecule has 5 nitrogen and oxygen atoms in total. The summed E-state index contributed by atoms with van der Waals surface area (Å²) in [6.07, 6.45) is 1.06. The number of carbonyl (C=O) groups is 1. The average molecular weight is 298 g/mol. The highest BCUT2D eigenvalue weighted by Crippen LogP contribution is 2.10. The predicted octanol–water partition coefficient (Wildman–Crippen LogP) is -0.0897. The molecule has 0 atom stereocenters. The molecule has 0 aliphatic heterocycles. The van der Waals surface area contributed by atoms with Crippen LogP contribution in [0.4, 0.5) is 4.39 Å². The lowest BCUT2D eigenvalue weighted by molar-refractivity contribution is 0.0952. The fourth-order valence-electron chi connectivity index (χ4n) is 1.38. The standard InChI is InChI=1S/C13H15FN2O3S/c1-20(18,19)8-7-16-13(17)11-9-10(3-2-6-15)4-5-12(11)14/h4-5,9H,6-8,15H2,1H3,(H,16,17). The Bertz CT molecular complexity index is 660. The van der Waals surface area contributed by atoms with Gasteiger partial charge in [0, 0.05) is 18.4 Å². The van der Waals surface area contributed by atoms with E-state index in [1.807, 2.05) is 0 Å². The monoisotopic (exact) mass is 298 g/mol. The summed E-state index contributed by atoms with van der Waals surface area (Å²) < 4.78 is 35.4. The summed E-state index contributed by atoms with van der Waals surface area (Å²) in [5, 5.41) is 2.35. The van der Waals surface area contributed by atoms with Crippen molar-refractivity contribution in [3.05, 3.63) is 35.1 Å². The van der Waals surface area contributed by atoms with E-state index < -0.39 is 21.6 Å². The Morgan fingerprint density at radius 3 is 2.75 bits per heavy atom. The third-order valence-corrected chi connectivity index (χ3v) is 3.25. The van der Waals surface area contributed by atoms with E-state index in [9.17, 15) is 17.6 Å². The number of halogens is 1. The van der Waals surface area contributed by atoms with Crippen LogP contribution >= 0.6 is 0 Å². The Labute approximate surface area is 117 Å². The van der Waals surface area contributed by atoms with Crippen molar-refractivity contribution in [1.29, 1.82) is 0 Å². The Kier molecular flexibility index (Phi) is 5.67. The lowest BCUT2D eigenvalue weighted by atomic mass is 10.1. The zero-order chi connectivity index (χ0) is 15.2. The molecule has 0 aliphatic carbocycles. The van der Waals surface area contributed by atoms with Crippen molar-refractivity contribution < 1.29 is 17.6 Å². The third kappa shape index (κ3) is 5.38. The van der Waals surface area contributed by atoms with Gasteiger partial charge in [-0.05, 0) is 18.2 Å². The minimum Gasteiger partial charge on any atom is -0.351 e. The van der Waals surface area contributed by atoms with Crippen LogP contribution in [0.5, 0.6) is 0 Å². The van der Waals surface area contributed by atoms with E-state index in [-0.39, 0.29) is 24.4 Å². The van der Waals surface area contributed by atoms with E-state index in [1.54, 1.807) is 0 Å². The smallest absolute Gasteiger partial charge is 0.254 e. The number of benzene rings is 1. The number of hydrogen-bond acceptors (Lipinski definition) is 4. The topological polar surface area (TPSA) is 89.3 Å². The molecule has 0 heterocycles. The van der Waals surface area contributed by atoms with Gasteiger partial charge >= 0.3 is 0 Å². The van der Waals surface area contributed by atoms with Crippen molar-refractivity contribution in [2.75, 3.05) is 25.1 Å². The minimum atomic E-state index is -3.18. The van der Waals surface area contributed by atoms with Gasteiger partial charge in [-0.3, -0.25) is 4.79 Å². The first-order chi connectivity index (χ1) is 9.33. The van der Waals surface area contributed by atoms with E-state index in [4.69, 9.17) is 5.73 Å². The molecule has 1 aromatic carbocycles. The van der Waals surface area contributed by atoms with Crippen LogP contribution < -0.4 is 11.1 Å². The molecule has 0 aromatic heterocycles. The Morgan fingerprint density at radius 1 is 1.45 bits per heavy atom. The third-order valence-electron chi connectivity index (χ3n) is 2.30. The summed E-state index contributed by atoms with van der Waals surface area (Å²) in [5.41, 5.74) is 5.51. The molecule has 7 heteroatoms. The molecule has 108 valence electrons. The maximum atomic E-state index is 13.6. The van der Waals surface area contributed by atoms with E-state index in [2.05, 4.69) is 17.2 Å². The van der Waals surface area contributed by atoms with Gasteiger partial charge in [0.15, 0.2) is 0 Å². The number of rotatable bonds is 4. The summed E-state index contributed by atoms with van der Waals surface area (Å²) in [4.78, 5) is 11.8. The highest BCUT2D eigenvalue weighted by atomic mass is 32.2. The summed E-state index contributed by atoms with van der Waals surface area (Å²) in [7, 11) is -3.18. The van der Waals surface area contributed by atoms with Gasteiger partial charge in [0.1, 0.15) is 15.7 Å². The van der Waals surface area contributed by atoms with Gasteiger partial charge in [-0.1, -0.05) is 11.8 Å². The number of sulfone groups is 1. The average Bonchev–Trinajstić information content (AvgIpc) is 2.36. The van der Waals surface area contributed by atoms with Gasteiger partial charge in [-0.2, -0.15) is 0 Å². The van der Waals surface area contributed by atoms with Gasteiger partial charge in [-0.25, -0.2) is 12.8 Å². The zero-order valence-electron chi connectivity index (χ0n) is 10.9. The summed E-state index contributed by atoms with van der Waals surface area (Å²) in [6, 6.07) is 3.87. The lowest BCUT2D eigenvalue weighted by Gasteiger charge is -2.06. The van der Waals surface area contributed by atoms with Crippen molar-refractivity contribution in [2.24, 2.45) is 5.73 Å². The van der Waals surface area contributed by atoms with Crippen LogP contribution in [0.25, 0.3) is 0 Å². The van der Waals surface area contributed by atoms with Crippen molar-refractivity contribution >= 4 is 15.7 Å². The molecule has 1 aromatic rings. The van der Waals surface area contributed by atoms with Crippen LogP contribution in [0.15, 0.2) is 18.2 Å². The first-order valence-corrected chi connectivity index (χ1v) is 7.84. The predicted molar refractivity (Wildman–Crippen MR) is 74.4 cm³/mol. The molecule has 0 radical (unpaired) electrons. The molecular formula is C13H15FN2O3S. The van der Waals surface area contributed by atoms with E-state index >= 15 is 0 Å². The van der Waals surface area contributed by atoms with E-state index in [1.165, 1.54) is 12.1 Å². The molecule has 0 saturated heterocycles. The largest absolute Gasteiger partial charge is 0.351 e. The summed E-state index contributed by atoms with van der Waals surface area (Å²) >= 11 is 0. The highest BCUT2D eigenvalue weighted by molar-refractivity contribution is 7.90. The number of amides is 1. The first-order valence-electron chi connectivity index (χ1n) is 5.78. The molecule has 0 fully saturated rings. The number of nitrogens with two attached hydrogens (primary N) is 1. The maximum Gasteiger partial charge on any atom is 0.254 e. The molecule has 0 unspecified atom stereocenters. The molecule has 0 aliphatic rings. The molecule has 1 amide bonds. The summed E-state index contributed by atoms with van der Waals surface area (Å²) in [5.74, 6) is 3.71. The minimum absolute atomic E-state index is 0.0736. The lowest BCUT2D eigenvalue weighted by Crippen LogP contribution is -2.29. The van der Waals surface area contributed by atoms with E-state index in [0.29, 0.717) is 5.56 Å². The van der Waals surface area contributed by atoms with Crippen molar-refractivity contribution in [1.82, 2.24) is 5.32 Å². The van der Waals surface area contributed by atoms with E-state index in [0.717, 1.165) is 12.3 Å². The number of carbonyl (C=O) groups excluding carboxylic acids is 1. The molecule has 0 saturated carbocycles. The van der Waals surface area contributed by atoms with Gasteiger partial charge in [-0.15, -0.1) is 0 Å².